The number of carbonyl (C=O) groups excluding carboxylic acids is 1. The summed E-state index contributed by atoms with van der Waals surface area (Å²) in [7, 11) is 0. The maximum Gasteiger partial charge on any atom is 0.244 e. The van der Waals surface area contributed by atoms with E-state index in [1.165, 1.54) is 5.56 Å². The maximum absolute atomic E-state index is 13.5. The minimum atomic E-state index is -0.146. The predicted octanol–water partition coefficient (Wildman–Crippen LogP) is 3.96. The van der Waals surface area contributed by atoms with E-state index in [1.54, 1.807) is 18.2 Å². The molecule has 1 saturated heterocycles. The number of hydrogen-bond acceptors (Lipinski definition) is 2. The molecule has 0 spiro atoms. The van der Waals surface area contributed by atoms with Gasteiger partial charge in [0, 0.05) is 25.2 Å². The highest BCUT2D eigenvalue weighted by atomic mass is 19.1. The van der Waals surface area contributed by atoms with Crippen LogP contribution in [0.2, 0.25) is 0 Å². The molecule has 0 radical (unpaired) electrons. The molecule has 2 aromatic carbocycles. The highest BCUT2D eigenvalue weighted by Crippen LogP contribution is 2.38. The van der Waals surface area contributed by atoms with Crippen LogP contribution in [0.1, 0.15) is 35.6 Å². The number of rotatable bonds is 4. The molecule has 2 aromatic rings. The first-order valence-electron chi connectivity index (χ1n) is 9.72. The molecular formula is C23H25FN2O. The van der Waals surface area contributed by atoms with Gasteiger partial charge in [-0.25, -0.2) is 4.39 Å². The Labute approximate surface area is 159 Å². The van der Waals surface area contributed by atoms with Crippen molar-refractivity contribution in [2.24, 2.45) is 5.92 Å². The van der Waals surface area contributed by atoms with Crippen molar-refractivity contribution in [2.45, 2.75) is 25.3 Å². The van der Waals surface area contributed by atoms with E-state index in [0.29, 0.717) is 18.5 Å². The van der Waals surface area contributed by atoms with Crippen LogP contribution in [0.4, 0.5) is 4.39 Å². The molecule has 2 aliphatic heterocycles. The van der Waals surface area contributed by atoms with Gasteiger partial charge in [0.2, 0.25) is 5.91 Å². The Hall–Kier alpha value is -2.46. The van der Waals surface area contributed by atoms with Crippen LogP contribution in [0.25, 0.3) is 6.08 Å². The molecule has 1 amide bonds. The second kappa shape index (κ2) is 8.05. The normalized spacial score (nSPS) is 22.3. The molecule has 0 saturated carbocycles. The van der Waals surface area contributed by atoms with Gasteiger partial charge in [0.1, 0.15) is 5.82 Å². The Kier molecular flexibility index (Phi) is 5.35. The van der Waals surface area contributed by atoms with Gasteiger partial charge >= 0.3 is 0 Å². The molecule has 4 heteroatoms. The standard InChI is InChI=1S/C23H25FN2O/c24-20-7-8-21-19(15-20)11-13-26-12-10-18(14-22(21)26)16-25-23(27)9-6-17-4-2-1-3-5-17/h1-9,15,18,22H,10-14,16H2,(H,25,27)/b9-6+. The number of nitrogens with zero attached hydrogens (tertiary/aromatic N) is 1. The molecule has 0 bridgehead atoms. The molecule has 140 valence electrons. The van der Waals surface area contributed by atoms with Crippen LogP contribution < -0.4 is 5.32 Å². The van der Waals surface area contributed by atoms with Crippen LogP contribution in [0, 0.1) is 11.7 Å². The molecule has 2 heterocycles. The lowest BCUT2D eigenvalue weighted by atomic mass is 9.82. The van der Waals surface area contributed by atoms with Crippen molar-refractivity contribution in [1.29, 1.82) is 0 Å². The van der Waals surface area contributed by atoms with Crippen LogP contribution in [0.3, 0.4) is 0 Å². The Morgan fingerprint density at radius 2 is 2.04 bits per heavy atom. The third-order valence-corrected chi connectivity index (χ3v) is 5.75. The van der Waals surface area contributed by atoms with Gasteiger partial charge in [0.15, 0.2) is 0 Å². The number of halogens is 1. The zero-order valence-electron chi connectivity index (χ0n) is 15.4. The number of amides is 1. The number of carbonyl (C=O) groups is 1. The monoisotopic (exact) mass is 364 g/mol. The summed E-state index contributed by atoms with van der Waals surface area (Å²) in [5, 5.41) is 3.05. The van der Waals surface area contributed by atoms with Gasteiger partial charge in [-0.15, -0.1) is 0 Å². The largest absolute Gasteiger partial charge is 0.352 e. The molecule has 27 heavy (non-hydrogen) atoms. The number of piperidine rings is 1. The van der Waals surface area contributed by atoms with Crippen molar-refractivity contribution in [3.63, 3.8) is 0 Å². The fraction of sp³-hybridized carbons (Fsp3) is 0.348. The van der Waals surface area contributed by atoms with E-state index in [-0.39, 0.29) is 11.7 Å². The van der Waals surface area contributed by atoms with Crippen molar-refractivity contribution >= 4 is 12.0 Å². The molecular weight excluding hydrogens is 339 g/mol. The molecule has 2 aliphatic rings. The summed E-state index contributed by atoms with van der Waals surface area (Å²) in [6, 6.07) is 15.4. The molecule has 3 nitrogen and oxygen atoms in total. The van der Waals surface area contributed by atoms with Crippen LogP contribution in [-0.4, -0.2) is 30.4 Å². The van der Waals surface area contributed by atoms with E-state index >= 15 is 0 Å². The first-order valence-corrected chi connectivity index (χ1v) is 9.72. The lowest BCUT2D eigenvalue weighted by Gasteiger charge is -2.43. The third-order valence-electron chi connectivity index (χ3n) is 5.75. The Bertz CT molecular complexity index is 834. The summed E-state index contributed by atoms with van der Waals surface area (Å²) < 4.78 is 13.5. The zero-order valence-corrected chi connectivity index (χ0v) is 15.4. The van der Waals surface area contributed by atoms with Gasteiger partial charge in [-0.1, -0.05) is 36.4 Å². The van der Waals surface area contributed by atoms with Crippen LogP contribution in [-0.2, 0) is 11.2 Å². The fourth-order valence-corrected chi connectivity index (χ4v) is 4.28. The Balaban J connectivity index is 1.34. The Morgan fingerprint density at radius 3 is 2.89 bits per heavy atom. The molecule has 2 atom stereocenters. The quantitative estimate of drug-likeness (QED) is 0.833. The Morgan fingerprint density at radius 1 is 1.19 bits per heavy atom. The van der Waals surface area contributed by atoms with Crippen LogP contribution in [0.15, 0.2) is 54.6 Å². The minimum absolute atomic E-state index is 0.0487. The lowest BCUT2D eigenvalue weighted by molar-refractivity contribution is -0.116. The summed E-state index contributed by atoms with van der Waals surface area (Å²) in [4.78, 5) is 14.6. The van der Waals surface area contributed by atoms with Gasteiger partial charge < -0.3 is 5.32 Å². The molecule has 0 aliphatic carbocycles. The summed E-state index contributed by atoms with van der Waals surface area (Å²) in [5.74, 6) is 0.260. The van der Waals surface area contributed by atoms with E-state index in [1.807, 2.05) is 42.5 Å². The van der Waals surface area contributed by atoms with E-state index < -0.39 is 0 Å². The fourth-order valence-electron chi connectivity index (χ4n) is 4.28. The summed E-state index contributed by atoms with van der Waals surface area (Å²) in [6.45, 7) is 2.74. The van der Waals surface area contributed by atoms with Gasteiger partial charge in [-0.05, 0) is 66.6 Å². The lowest BCUT2D eigenvalue weighted by Crippen LogP contribution is -2.43. The SMILES string of the molecule is O=C(/C=C/c1ccccc1)NCC1CCN2CCc3cc(F)ccc3C2C1. The van der Waals surface area contributed by atoms with E-state index in [4.69, 9.17) is 0 Å². The topological polar surface area (TPSA) is 32.3 Å². The maximum atomic E-state index is 13.5. The van der Waals surface area contributed by atoms with E-state index in [2.05, 4.69) is 10.2 Å². The molecule has 1 fully saturated rings. The van der Waals surface area contributed by atoms with E-state index in [0.717, 1.165) is 43.5 Å². The second-order valence-electron chi connectivity index (χ2n) is 7.52. The predicted molar refractivity (Wildman–Crippen MR) is 106 cm³/mol. The second-order valence-corrected chi connectivity index (χ2v) is 7.52. The molecule has 0 aromatic heterocycles. The first-order chi connectivity index (χ1) is 13.2. The average Bonchev–Trinajstić information content (AvgIpc) is 2.71. The van der Waals surface area contributed by atoms with Crippen molar-refractivity contribution in [2.75, 3.05) is 19.6 Å². The van der Waals surface area contributed by atoms with Crippen molar-refractivity contribution < 1.29 is 9.18 Å². The summed E-state index contributed by atoms with van der Waals surface area (Å²) in [6.07, 6.45) is 6.47. The number of hydrogen-bond donors (Lipinski definition) is 1. The van der Waals surface area contributed by atoms with Gasteiger partial charge in [-0.2, -0.15) is 0 Å². The van der Waals surface area contributed by atoms with Crippen molar-refractivity contribution in [3.8, 4) is 0 Å². The van der Waals surface area contributed by atoms with Crippen molar-refractivity contribution in [3.05, 3.63) is 77.1 Å². The zero-order chi connectivity index (χ0) is 18.6. The van der Waals surface area contributed by atoms with Gasteiger partial charge in [0.05, 0.1) is 0 Å². The third kappa shape index (κ3) is 4.28. The minimum Gasteiger partial charge on any atom is -0.352 e. The van der Waals surface area contributed by atoms with E-state index in [9.17, 15) is 9.18 Å². The molecule has 1 N–H and O–H groups in total. The molecule has 4 rings (SSSR count). The number of fused-ring (bicyclic) bond motifs is 3. The molecule has 2 unspecified atom stereocenters. The van der Waals surface area contributed by atoms with Crippen LogP contribution >= 0.6 is 0 Å². The van der Waals surface area contributed by atoms with Crippen LogP contribution in [0.5, 0.6) is 0 Å². The van der Waals surface area contributed by atoms with Gasteiger partial charge in [-0.3, -0.25) is 9.69 Å². The highest BCUT2D eigenvalue weighted by Gasteiger charge is 2.33. The smallest absolute Gasteiger partial charge is 0.244 e. The highest BCUT2D eigenvalue weighted by molar-refractivity contribution is 5.91. The number of nitrogens with one attached hydrogen (secondary N) is 1. The van der Waals surface area contributed by atoms with Gasteiger partial charge in [0.25, 0.3) is 0 Å². The summed E-state index contributed by atoms with van der Waals surface area (Å²) in [5.41, 5.74) is 3.43. The first kappa shape index (κ1) is 17.9. The number of benzene rings is 2. The average molecular weight is 364 g/mol. The van der Waals surface area contributed by atoms with Crippen molar-refractivity contribution in [1.82, 2.24) is 10.2 Å². The summed E-state index contributed by atoms with van der Waals surface area (Å²) >= 11 is 0.